The Balaban J connectivity index is 1.05. The quantitative estimate of drug-likeness (QED) is 0.164. The molecule has 0 aliphatic carbocycles. The third-order valence-corrected chi connectivity index (χ3v) is 11.0. The second-order valence-electron chi connectivity index (χ2n) is 14.4. The van der Waals surface area contributed by atoms with Gasteiger partial charge in [0.25, 0.3) is 0 Å². The Kier molecular flexibility index (Phi) is 7.78. The molecule has 9 aromatic carbocycles. The van der Waals surface area contributed by atoms with Crippen molar-refractivity contribution in [1.82, 2.24) is 9.55 Å². The van der Waals surface area contributed by atoms with Gasteiger partial charge in [0, 0.05) is 44.5 Å². The Morgan fingerprint density at radius 2 is 1.02 bits per heavy atom. The van der Waals surface area contributed by atoms with Gasteiger partial charge in [-0.25, -0.2) is 4.98 Å². The van der Waals surface area contributed by atoms with Gasteiger partial charge < -0.3 is 13.9 Å². The van der Waals surface area contributed by atoms with Crippen LogP contribution in [-0.4, -0.2) is 9.55 Å². The molecule has 268 valence electrons. The average molecular weight is 730 g/mol. The molecule has 0 spiro atoms. The van der Waals surface area contributed by atoms with E-state index in [-0.39, 0.29) is 0 Å². The van der Waals surface area contributed by atoms with E-state index in [1.165, 1.54) is 32.9 Å². The predicted molar refractivity (Wildman–Crippen MR) is 237 cm³/mol. The fourth-order valence-corrected chi connectivity index (χ4v) is 8.33. The number of nitrogens with zero attached hydrogens (tertiary/aromatic N) is 3. The summed E-state index contributed by atoms with van der Waals surface area (Å²) >= 11 is 0. The number of hydrogen-bond donors (Lipinski definition) is 0. The molecule has 0 amide bonds. The molecule has 4 heteroatoms. The molecule has 4 nitrogen and oxygen atoms in total. The maximum atomic E-state index is 6.52. The van der Waals surface area contributed by atoms with Crippen LogP contribution in [0.5, 0.6) is 0 Å². The van der Waals surface area contributed by atoms with Gasteiger partial charge in [0.15, 0.2) is 5.58 Å². The lowest BCUT2D eigenvalue weighted by atomic mass is 9.97. The summed E-state index contributed by atoms with van der Waals surface area (Å²) in [5.74, 6) is 0.626. The fraction of sp³-hybridized carbons (Fsp3) is 0. The lowest BCUT2D eigenvalue weighted by Gasteiger charge is -2.26. The van der Waals surface area contributed by atoms with Crippen molar-refractivity contribution in [2.24, 2.45) is 0 Å². The Hall–Kier alpha value is -7.69. The summed E-state index contributed by atoms with van der Waals surface area (Å²) < 4.78 is 8.89. The van der Waals surface area contributed by atoms with Gasteiger partial charge in [-0.2, -0.15) is 0 Å². The molecule has 2 heterocycles. The number of fused-ring (bicyclic) bond motifs is 6. The molecule has 2 aromatic heterocycles. The lowest BCUT2D eigenvalue weighted by Crippen LogP contribution is -2.10. The molecule has 0 aliphatic rings. The van der Waals surface area contributed by atoms with Crippen LogP contribution in [0.3, 0.4) is 0 Å². The molecule has 57 heavy (non-hydrogen) atoms. The Morgan fingerprint density at radius 1 is 0.421 bits per heavy atom. The second-order valence-corrected chi connectivity index (χ2v) is 14.4. The molecule has 0 atom stereocenters. The highest BCUT2D eigenvalue weighted by Crippen LogP contribution is 2.42. The van der Waals surface area contributed by atoms with E-state index in [9.17, 15) is 0 Å². The molecular formula is C53H35N3O. The van der Waals surface area contributed by atoms with Gasteiger partial charge in [0.05, 0.1) is 11.0 Å². The topological polar surface area (TPSA) is 34.2 Å². The third-order valence-electron chi connectivity index (χ3n) is 11.0. The van der Waals surface area contributed by atoms with Gasteiger partial charge in [0.2, 0.25) is 5.89 Å². The minimum absolute atomic E-state index is 0.626. The van der Waals surface area contributed by atoms with E-state index in [0.29, 0.717) is 5.89 Å². The van der Waals surface area contributed by atoms with Crippen molar-refractivity contribution in [3.8, 4) is 39.4 Å². The second kappa shape index (κ2) is 13.6. The number of hydrogen-bond acceptors (Lipinski definition) is 3. The van der Waals surface area contributed by atoms with Gasteiger partial charge in [-0.3, -0.25) is 0 Å². The van der Waals surface area contributed by atoms with Crippen LogP contribution in [0.25, 0.3) is 83.1 Å². The first-order valence-corrected chi connectivity index (χ1v) is 19.3. The summed E-state index contributed by atoms with van der Waals surface area (Å²) in [4.78, 5) is 7.24. The van der Waals surface area contributed by atoms with Crippen LogP contribution in [0.1, 0.15) is 0 Å². The predicted octanol–water partition coefficient (Wildman–Crippen LogP) is 14.5. The monoisotopic (exact) mass is 729 g/mol. The molecular weight excluding hydrogens is 695 g/mol. The van der Waals surface area contributed by atoms with Crippen LogP contribution < -0.4 is 4.90 Å². The largest absolute Gasteiger partial charge is 0.435 e. The third kappa shape index (κ3) is 5.66. The van der Waals surface area contributed by atoms with Crippen LogP contribution in [0, 0.1) is 0 Å². The summed E-state index contributed by atoms with van der Waals surface area (Å²) in [6.45, 7) is 0. The van der Waals surface area contributed by atoms with Gasteiger partial charge in [-0.1, -0.05) is 133 Å². The zero-order valence-corrected chi connectivity index (χ0v) is 31.0. The Morgan fingerprint density at radius 3 is 1.75 bits per heavy atom. The van der Waals surface area contributed by atoms with Crippen LogP contribution >= 0.6 is 0 Å². The van der Waals surface area contributed by atoms with Gasteiger partial charge in [0.1, 0.15) is 5.52 Å². The highest BCUT2D eigenvalue weighted by Gasteiger charge is 2.19. The normalized spacial score (nSPS) is 11.5. The van der Waals surface area contributed by atoms with Crippen molar-refractivity contribution in [1.29, 1.82) is 0 Å². The molecule has 11 aromatic rings. The number of aromatic nitrogens is 2. The summed E-state index contributed by atoms with van der Waals surface area (Å²) in [6.07, 6.45) is 0. The zero-order valence-electron chi connectivity index (χ0n) is 31.0. The first-order valence-electron chi connectivity index (χ1n) is 19.3. The smallest absolute Gasteiger partial charge is 0.227 e. The van der Waals surface area contributed by atoms with Gasteiger partial charge >= 0.3 is 0 Å². The molecule has 0 unspecified atom stereocenters. The first-order chi connectivity index (χ1) is 28.3. The van der Waals surface area contributed by atoms with E-state index in [2.05, 4.69) is 191 Å². The molecule has 0 aliphatic heterocycles. The van der Waals surface area contributed by atoms with Crippen molar-refractivity contribution in [3.63, 3.8) is 0 Å². The van der Waals surface area contributed by atoms with E-state index in [1.807, 2.05) is 30.3 Å². The highest BCUT2D eigenvalue weighted by atomic mass is 16.3. The number of para-hydroxylation sites is 2. The Bertz CT molecular complexity index is 3200. The maximum absolute atomic E-state index is 6.52. The van der Waals surface area contributed by atoms with E-state index < -0.39 is 0 Å². The fourth-order valence-electron chi connectivity index (χ4n) is 8.33. The standard InChI is InChI=1S/C53H35N3O/c1-4-13-36(14-5-1)37-23-28-42(29-24-37)55(44-32-34-50-47(35-44)46-20-10-11-22-49(46)56(50)41-18-8-3-9-19-41)43-30-25-38(26-31-43)45-21-12-17-39-27-33-48-52(51(39)45)57-53(54-48)40-15-6-2-7-16-40/h1-35H. The summed E-state index contributed by atoms with van der Waals surface area (Å²) in [5, 5.41) is 4.60. The minimum Gasteiger partial charge on any atom is -0.435 e. The molecule has 0 N–H and O–H groups in total. The molecule has 11 rings (SSSR count). The molecule has 0 radical (unpaired) electrons. The van der Waals surface area contributed by atoms with Crippen LogP contribution in [0.4, 0.5) is 17.1 Å². The first kappa shape index (κ1) is 32.7. The molecule has 0 saturated heterocycles. The number of rotatable bonds is 7. The minimum atomic E-state index is 0.626. The van der Waals surface area contributed by atoms with E-state index in [0.717, 1.165) is 61.3 Å². The maximum Gasteiger partial charge on any atom is 0.227 e. The van der Waals surface area contributed by atoms with Crippen molar-refractivity contribution < 1.29 is 4.42 Å². The summed E-state index contributed by atoms with van der Waals surface area (Å²) in [6, 6.07) is 75.2. The van der Waals surface area contributed by atoms with Crippen molar-refractivity contribution in [2.45, 2.75) is 0 Å². The van der Waals surface area contributed by atoms with Crippen molar-refractivity contribution >= 4 is 60.7 Å². The van der Waals surface area contributed by atoms with E-state index in [1.54, 1.807) is 0 Å². The van der Waals surface area contributed by atoms with Crippen LogP contribution in [-0.2, 0) is 0 Å². The van der Waals surface area contributed by atoms with Crippen molar-refractivity contribution in [2.75, 3.05) is 4.90 Å². The molecule has 0 saturated carbocycles. The summed E-state index contributed by atoms with van der Waals surface area (Å²) in [7, 11) is 0. The zero-order chi connectivity index (χ0) is 37.7. The SMILES string of the molecule is c1ccc(-c2ccc(N(c3ccc(-c4cccc5ccc6nc(-c7ccccc7)oc6c45)cc3)c3ccc4c(c3)c3ccccc3n4-c3ccccc3)cc2)cc1. The highest BCUT2D eigenvalue weighted by molar-refractivity contribution is 6.12. The summed E-state index contributed by atoms with van der Waals surface area (Å²) in [5.41, 5.74) is 13.9. The number of benzene rings is 9. The molecule has 0 fully saturated rings. The van der Waals surface area contributed by atoms with E-state index >= 15 is 0 Å². The van der Waals surface area contributed by atoms with Gasteiger partial charge in [-0.05, 0) is 107 Å². The van der Waals surface area contributed by atoms with Crippen molar-refractivity contribution in [3.05, 3.63) is 212 Å². The number of anilines is 3. The molecule has 0 bridgehead atoms. The van der Waals surface area contributed by atoms with Crippen LogP contribution in [0.15, 0.2) is 217 Å². The van der Waals surface area contributed by atoms with E-state index in [4.69, 9.17) is 9.40 Å². The average Bonchev–Trinajstić information content (AvgIpc) is 3.88. The van der Waals surface area contributed by atoms with Gasteiger partial charge in [-0.15, -0.1) is 0 Å². The van der Waals surface area contributed by atoms with Crippen LogP contribution in [0.2, 0.25) is 0 Å². The lowest BCUT2D eigenvalue weighted by molar-refractivity contribution is 0.623. The Labute approximate surface area is 330 Å². The number of oxazole rings is 1.